The van der Waals surface area contributed by atoms with Crippen LogP contribution in [0.4, 0.5) is 10.5 Å². The molecule has 0 saturated heterocycles. The minimum atomic E-state index is -0.780. The molecular formula is C15H23ClN2O3. The van der Waals surface area contributed by atoms with Gasteiger partial charge >= 0.3 is 6.09 Å². The molecule has 1 amide bonds. The number of carbonyl (C=O) groups excluding carboxylic acids is 1. The summed E-state index contributed by atoms with van der Waals surface area (Å²) in [7, 11) is 0. The highest BCUT2D eigenvalue weighted by Gasteiger charge is 2.22. The Labute approximate surface area is 130 Å². The Bertz CT molecular complexity index is 510. The number of carbonyl (C=O) groups is 1. The van der Waals surface area contributed by atoms with E-state index in [-0.39, 0.29) is 6.61 Å². The smallest absolute Gasteiger partial charge is 0.412 e. The van der Waals surface area contributed by atoms with Crippen molar-refractivity contribution in [2.45, 2.75) is 45.3 Å². The predicted octanol–water partition coefficient (Wildman–Crippen LogP) is 2.94. The van der Waals surface area contributed by atoms with E-state index in [1.165, 1.54) is 0 Å². The topological polar surface area (TPSA) is 84.6 Å². The summed E-state index contributed by atoms with van der Waals surface area (Å²) in [6.07, 6.45) is -0.167. The number of amides is 1. The number of aliphatic hydroxyl groups excluding tert-OH is 1. The lowest BCUT2D eigenvalue weighted by atomic mass is 9.94. The first-order valence-electron chi connectivity index (χ1n) is 6.70. The Kier molecular flexibility index (Phi) is 5.61. The zero-order valence-corrected chi connectivity index (χ0v) is 13.6. The van der Waals surface area contributed by atoms with Gasteiger partial charge in [-0.15, -0.1) is 0 Å². The van der Waals surface area contributed by atoms with Crippen LogP contribution in [0.2, 0.25) is 5.02 Å². The van der Waals surface area contributed by atoms with Gasteiger partial charge in [0.05, 0.1) is 6.61 Å². The first-order valence-corrected chi connectivity index (χ1v) is 7.08. The molecule has 1 aromatic rings. The summed E-state index contributed by atoms with van der Waals surface area (Å²) in [5.74, 6) is 0. The molecule has 0 saturated carbocycles. The van der Waals surface area contributed by atoms with Gasteiger partial charge in [-0.25, -0.2) is 4.79 Å². The molecule has 1 rings (SSSR count). The van der Waals surface area contributed by atoms with Crippen LogP contribution in [0.1, 0.15) is 33.3 Å². The highest BCUT2D eigenvalue weighted by Crippen LogP contribution is 2.25. The second-order valence-corrected chi connectivity index (χ2v) is 6.85. The van der Waals surface area contributed by atoms with Gasteiger partial charge in [0, 0.05) is 16.2 Å². The predicted molar refractivity (Wildman–Crippen MR) is 84.7 cm³/mol. The standard InChI is InChI=1S/C15H23ClN2O3/c1-14(2,3)21-13(20)18-12-7-11(16)6-5-10(12)8-15(4,17)9-19/h5-7,19H,8-9,17H2,1-4H3,(H,18,20). The SMILES string of the molecule is CC(N)(CO)Cc1ccc(Cl)cc1NC(=O)OC(C)(C)C. The zero-order chi connectivity index (χ0) is 16.3. The molecule has 0 heterocycles. The highest BCUT2D eigenvalue weighted by atomic mass is 35.5. The molecule has 1 aromatic carbocycles. The molecule has 1 atom stereocenters. The molecule has 21 heavy (non-hydrogen) atoms. The minimum Gasteiger partial charge on any atom is -0.444 e. The maximum absolute atomic E-state index is 11.9. The van der Waals surface area contributed by atoms with E-state index in [1.54, 1.807) is 45.9 Å². The number of aliphatic hydroxyl groups is 1. The van der Waals surface area contributed by atoms with Gasteiger partial charge in [0.25, 0.3) is 0 Å². The summed E-state index contributed by atoms with van der Waals surface area (Å²) in [5.41, 5.74) is 5.91. The second kappa shape index (κ2) is 6.64. The van der Waals surface area contributed by atoms with Crippen molar-refractivity contribution in [2.75, 3.05) is 11.9 Å². The number of nitrogens with one attached hydrogen (secondary N) is 1. The second-order valence-electron chi connectivity index (χ2n) is 6.42. The number of benzene rings is 1. The van der Waals surface area contributed by atoms with Crippen molar-refractivity contribution in [1.29, 1.82) is 0 Å². The van der Waals surface area contributed by atoms with Crippen molar-refractivity contribution in [2.24, 2.45) is 5.73 Å². The number of hydrogen-bond donors (Lipinski definition) is 3. The van der Waals surface area contributed by atoms with E-state index in [0.717, 1.165) is 5.56 Å². The van der Waals surface area contributed by atoms with Gasteiger partial charge < -0.3 is 15.6 Å². The summed E-state index contributed by atoms with van der Waals surface area (Å²) in [6, 6.07) is 5.12. The van der Waals surface area contributed by atoms with Crippen LogP contribution in [0, 0.1) is 0 Å². The molecular weight excluding hydrogens is 292 g/mol. The third-order valence-electron chi connectivity index (χ3n) is 2.66. The van der Waals surface area contributed by atoms with Crippen molar-refractivity contribution < 1.29 is 14.6 Å². The molecule has 0 aliphatic heterocycles. The van der Waals surface area contributed by atoms with Crippen LogP contribution in [-0.2, 0) is 11.2 Å². The number of ether oxygens (including phenoxy) is 1. The first-order chi connectivity index (χ1) is 9.52. The van der Waals surface area contributed by atoms with Gasteiger partial charge in [0.1, 0.15) is 5.60 Å². The summed E-state index contributed by atoms with van der Waals surface area (Å²) >= 11 is 5.97. The fourth-order valence-electron chi connectivity index (χ4n) is 1.72. The van der Waals surface area contributed by atoms with Crippen molar-refractivity contribution in [3.63, 3.8) is 0 Å². The number of rotatable bonds is 4. The average molecular weight is 315 g/mol. The van der Waals surface area contributed by atoms with Gasteiger partial charge in [-0.3, -0.25) is 5.32 Å². The zero-order valence-electron chi connectivity index (χ0n) is 12.9. The van der Waals surface area contributed by atoms with Crippen molar-refractivity contribution in [3.05, 3.63) is 28.8 Å². The molecule has 5 nitrogen and oxygen atoms in total. The quantitative estimate of drug-likeness (QED) is 0.797. The fraction of sp³-hybridized carbons (Fsp3) is 0.533. The number of halogens is 1. The summed E-state index contributed by atoms with van der Waals surface area (Å²) in [5, 5.41) is 12.4. The molecule has 0 aliphatic rings. The van der Waals surface area contributed by atoms with Gasteiger partial charge in [-0.2, -0.15) is 0 Å². The van der Waals surface area contributed by atoms with Gasteiger partial charge in [0.2, 0.25) is 0 Å². The van der Waals surface area contributed by atoms with Gasteiger partial charge in [-0.1, -0.05) is 17.7 Å². The number of nitrogens with two attached hydrogens (primary N) is 1. The maximum atomic E-state index is 11.9. The summed E-state index contributed by atoms with van der Waals surface area (Å²) < 4.78 is 5.22. The largest absolute Gasteiger partial charge is 0.444 e. The van der Waals surface area contributed by atoms with Crippen LogP contribution in [0.25, 0.3) is 0 Å². The minimum absolute atomic E-state index is 0.165. The molecule has 6 heteroatoms. The van der Waals surface area contributed by atoms with E-state index in [0.29, 0.717) is 17.1 Å². The van der Waals surface area contributed by atoms with Crippen LogP contribution in [0.5, 0.6) is 0 Å². The monoisotopic (exact) mass is 314 g/mol. The molecule has 0 fully saturated rings. The third kappa shape index (κ3) is 6.33. The molecule has 4 N–H and O–H groups in total. The lowest BCUT2D eigenvalue weighted by Gasteiger charge is -2.24. The van der Waals surface area contributed by atoms with Crippen LogP contribution in [0.3, 0.4) is 0 Å². The van der Waals surface area contributed by atoms with E-state index >= 15 is 0 Å². The normalized spacial score (nSPS) is 14.4. The molecule has 0 radical (unpaired) electrons. The van der Waals surface area contributed by atoms with Gasteiger partial charge in [0.15, 0.2) is 0 Å². The van der Waals surface area contributed by atoms with E-state index in [4.69, 9.17) is 22.1 Å². The van der Waals surface area contributed by atoms with E-state index in [2.05, 4.69) is 5.32 Å². The van der Waals surface area contributed by atoms with E-state index in [9.17, 15) is 9.90 Å². The van der Waals surface area contributed by atoms with Crippen molar-refractivity contribution >= 4 is 23.4 Å². The number of hydrogen-bond acceptors (Lipinski definition) is 4. The van der Waals surface area contributed by atoms with Crippen LogP contribution < -0.4 is 11.1 Å². The Morgan fingerprint density at radius 3 is 2.52 bits per heavy atom. The Morgan fingerprint density at radius 2 is 2.00 bits per heavy atom. The highest BCUT2D eigenvalue weighted by molar-refractivity contribution is 6.31. The third-order valence-corrected chi connectivity index (χ3v) is 2.90. The van der Waals surface area contributed by atoms with Crippen LogP contribution in [0.15, 0.2) is 18.2 Å². The maximum Gasteiger partial charge on any atom is 0.412 e. The molecule has 0 aliphatic carbocycles. The van der Waals surface area contributed by atoms with Crippen LogP contribution >= 0.6 is 11.6 Å². The van der Waals surface area contributed by atoms with E-state index < -0.39 is 17.2 Å². The lowest BCUT2D eigenvalue weighted by Crippen LogP contribution is -2.42. The number of anilines is 1. The van der Waals surface area contributed by atoms with Gasteiger partial charge in [-0.05, 0) is 51.8 Å². The summed E-state index contributed by atoms with van der Waals surface area (Å²) in [6.45, 7) is 6.93. The Hall–Kier alpha value is -1.30. The lowest BCUT2D eigenvalue weighted by molar-refractivity contribution is 0.0635. The molecule has 0 bridgehead atoms. The van der Waals surface area contributed by atoms with Crippen molar-refractivity contribution in [1.82, 2.24) is 0 Å². The Morgan fingerprint density at radius 1 is 1.38 bits per heavy atom. The van der Waals surface area contributed by atoms with Crippen molar-refractivity contribution in [3.8, 4) is 0 Å². The molecule has 0 spiro atoms. The van der Waals surface area contributed by atoms with E-state index in [1.807, 2.05) is 0 Å². The molecule has 0 aromatic heterocycles. The molecule has 1 unspecified atom stereocenters. The Balaban J connectivity index is 2.95. The first kappa shape index (κ1) is 17.8. The van der Waals surface area contributed by atoms with Crippen LogP contribution in [-0.4, -0.2) is 28.9 Å². The summed E-state index contributed by atoms with van der Waals surface area (Å²) in [4.78, 5) is 11.9. The molecule has 118 valence electrons. The fourth-order valence-corrected chi connectivity index (χ4v) is 1.90. The average Bonchev–Trinajstić information content (AvgIpc) is 2.30.